The molecule has 0 atom stereocenters. The quantitative estimate of drug-likeness (QED) is 0.907. The molecule has 102 valence electrons. The van der Waals surface area contributed by atoms with Crippen LogP contribution in [0.5, 0.6) is 11.5 Å². The van der Waals surface area contributed by atoms with E-state index in [0.29, 0.717) is 30.7 Å². The van der Waals surface area contributed by atoms with Gasteiger partial charge in [0.25, 0.3) is 5.56 Å². The molecular formula is C15H14N2O3. The first kappa shape index (κ1) is 11.5. The van der Waals surface area contributed by atoms with Crippen LogP contribution >= 0.6 is 0 Å². The van der Waals surface area contributed by atoms with Gasteiger partial charge in [-0.15, -0.1) is 0 Å². The van der Waals surface area contributed by atoms with E-state index in [4.69, 9.17) is 9.47 Å². The summed E-state index contributed by atoms with van der Waals surface area (Å²) in [5.74, 6) is 2.48. The fourth-order valence-corrected chi connectivity index (χ4v) is 2.39. The van der Waals surface area contributed by atoms with E-state index in [0.717, 1.165) is 29.8 Å². The predicted octanol–water partition coefficient (Wildman–Crippen LogP) is 2.09. The van der Waals surface area contributed by atoms with Gasteiger partial charge < -0.3 is 14.5 Å². The topological polar surface area (TPSA) is 64.2 Å². The van der Waals surface area contributed by atoms with Crippen molar-refractivity contribution in [2.75, 3.05) is 13.2 Å². The maximum atomic E-state index is 11.8. The Morgan fingerprint density at radius 2 is 1.90 bits per heavy atom. The summed E-state index contributed by atoms with van der Waals surface area (Å²) < 4.78 is 11.1. The van der Waals surface area contributed by atoms with Crippen molar-refractivity contribution in [2.45, 2.75) is 18.8 Å². The molecule has 5 nitrogen and oxygen atoms in total. The Kier molecular flexibility index (Phi) is 2.52. The molecule has 0 radical (unpaired) electrons. The predicted molar refractivity (Wildman–Crippen MR) is 73.3 cm³/mol. The summed E-state index contributed by atoms with van der Waals surface area (Å²) in [6.07, 6.45) is 2.24. The molecule has 0 unspecified atom stereocenters. The van der Waals surface area contributed by atoms with Crippen LogP contribution in [-0.4, -0.2) is 23.2 Å². The number of nitrogens with one attached hydrogen (secondary N) is 1. The average molecular weight is 270 g/mol. The zero-order valence-corrected chi connectivity index (χ0v) is 10.9. The SMILES string of the molecule is O=c1cc(C2CC2)nc(-c2ccc3c(c2)OCCO3)[nH]1. The second-order valence-electron chi connectivity index (χ2n) is 5.15. The third-order valence-corrected chi connectivity index (χ3v) is 3.57. The fraction of sp³-hybridized carbons (Fsp3) is 0.333. The van der Waals surface area contributed by atoms with Crippen molar-refractivity contribution < 1.29 is 9.47 Å². The minimum atomic E-state index is -0.105. The van der Waals surface area contributed by atoms with Gasteiger partial charge in [0.15, 0.2) is 11.5 Å². The highest BCUT2D eigenvalue weighted by atomic mass is 16.6. The van der Waals surface area contributed by atoms with Crippen molar-refractivity contribution >= 4 is 0 Å². The maximum Gasteiger partial charge on any atom is 0.251 e. The average Bonchev–Trinajstić information content (AvgIpc) is 3.31. The highest BCUT2D eigenvalue weighted by molar-refractivity contribution is 5.61. The zero-order chi connectivity index (χ0) is 13.5. The van der Waals surface area contributed by atoms with Crippen molar-refractivity contribution in [2.24, 2.45) is 0 Å². The van der Waals surface area contributed by atoms with E-state index in [1.807, 2.05) is 18.2 Å². The number of aromatic amines is 1. The van der Waals surface area contributed by atoms with Gasteiger partial charge in [-0.2, -0.15) is 0 Å². The monoisotopic (exact) mass is 270 g/mol. The number of ether oxygens (including phenoxy) is 2. The molecule has 0 spiro atoms. The highest BCUT2D eigenvalue weighted by Gasteiger charge is 2.26. The van der Waals surface area contributed by atoms with Gasteiger partial charge in [-0.05, 0) is 31.0 Å². The molecule has 0 bridgehead atoms. The molecule has 1 aliphatic carbocycles. The molecule has 1 aliphatic heterocycles. The molecule has 0 saturated heterocycles. The van der Waals surface area contributed by atoms with Crippen molar-refractivity contribution in [3.8, 4) is 22.9 Å². The fourth-order valence-electron chi connectivity index (χ4n) is 2.39. The van der Waals surface area contributed by atoms with Crippen LogP contribution in [0.1, 0.15) is 24.5 Å². The van der Waals surface area contributed by atoms with E-state index in [-0.39, 0.29) is 5.56 Å². The first-order valence-electron chi connectivity index (χ1n) is 6.81. The first-order valence-corrected chi connectivity index (χ1v) is 6.81. The second-order valence-corrected chi connectivity index (χ2v) is 5.15. The molecule has 0 amide bonds. The van der Waals surface area contributed by atoms with Crippen LogP contribution in [0.4, 0.5) is 0 Å². The Morgan fingerprint density at radius 1 is 1.10 bits per heavy atom. The molecule has 2 aromatic rings. The van der Waals surface area contributed by atoms with Crippen LogP contribution in [0.15, 0.2) is 29.1 Å². The lowest BCUT2D eigenvalue weighted by atomic mass is 10.1. The minimum absolute atomic E-state index is 0.105. The molecule has 1 aromatic carbocycles. The number of benzene rings is 1. The number of aromatic nitrogens is 2. The van der Waals surface area contributed by atoms with Crippen LogP contribution < -0.4 is 15.0 Å². The summed E-state index contributed by atoms with van der Waals surface area (Å²) in [7, 11) is 0. The van der Waals surface area contributed by atoms with Gasteiger partial charge in [0.2, 0.25) is 0 Å². The number of hydrogen-bond acceptors (Lipinski definition) is 4. The van der Waals surface area contributed by atoms with Gasteiger partial charge in [0.1, 0.15) is 19.0 Å². The normalized spacial score (nSPS) is 17.0. The molecule has 20 heavy (non-hydrogen) atoms. The summed E-state index contributed by atoms with van der Waals surface area (Å²) in [5.41, 5.74) is 1.62. The van der Waals surface area contributed by atoms with Crippen molar-refractivity contribution in [1.29, 1.82) is 0 Å². The van der Waals surface area contributed by atoms with E-state index in [1.165, 1.54) is 0 Å². The van der Waals surface area contributed by atoms with Gasteiger partial charge in [0.05, 0.1) is 5.69 Å². The Labute approximate surface area is 115 Å². The van der Waals surface area contributed by atoms with Gasteiger partial charge in [0, 0.05) is 17.5 Å². The van der Waals surface area contributed by atoms with Gasteiger partial charge >= 0.3 is 0 Å². The Bertz CT molecular complexity index is 719. The lowest BCUT2D eigenvalue weighted by Gasteiger charge is -2.18. The summed E-state index contributed by atoms with van der Waals surface area (Å²) in [6.45, 7) is 1.11. The molecule has 1 saturated carbocycles. The molecule has 1 N–H and O–H groups in total. The summed E-state index contributed by atoms with van der Waals surface area (Å²) in [5, 5.41) is 0. The number of rotatable bonds is 2. The molecular weight excluding hydrogens is 256 g/mol. The largest absolute Gasteiger partial charge is 0.486 e. The molecule has 2 aliphatic rings. The lowest BCUT2D eigenvalue weighted by Crippen LogP contribution is -2.15. The molecule has 1 fully saturated rings. The van der Waals surface area contributed by atoms with Crippen molar-refractivity contribution in [3.05, 3.63) is 40.3 Å². The van der Waals surface area contributed by atoms with E-state index < -0.39 is 0 Å². The van der Waals surface area contributed by atoms with Crippen LogP contribution in [-0.2, 0) is 0 Å². The van der Waals surface area contributed by atoms with E-state index in [9.17, 15) is 4.79 Å². The maximum absolute atomic E-state index is 11.8. The highest BCUT2D eigenvalue weighted by Crippen LogP contribution is 2.39. The smallest absolute Gasteiger partial charge is 0.251 e. The van der Waals surface area contributed by atoms with Gasteiger partial charge in [-0.1, -0.05) is 0 Å². The number of fused-ring (bicyclic) bond motifs is 1. The lowest BCUT2D eigenvalue weighted by molar-refractivity contribution is 0.171. The van der Waals surface area contributed by atoms with E-state index in [2.05, 4.69) is 9.97 Å². The van der Waals surface area contributed by atoms with E-state index in [1.54, 1.807) is 6.07 Å². The van der Waals surface area contributed by atoms with Crippen molar-refractivity contribution in [1.82, 2.24) is 9.97 Å². The number of H-pyrrole nitrogens is 1. The number of nitrogens with zero attached hydrogens (tertiary/aromatic N) is 1. The Hall–Kier alpha value is -2.30. The third kappa shape index (κ3) is 2.05. The van der Waals surface area contributed by atoms with Gasteiger partial charge in [-0.25, -0.2) is 4.98 Å². The van der Waals surface area contributed by atoms with Crippen LogP contribution in [0.3, 0.4) is 0 Å². The van der Waals surface area contributed by atoms with Crippen LogP contribution in [0.2, 0.25) is 0 Å². The van der Waals surface area contributed by atoms with Gasteiger partial charge in [-0.3, -0.25) is 4.79 Å². The van der Waals surface area contributed by atoms with Crippen LogP contribution in [0, 0.1) is 0 Å². The third-order valence-electron chi connectivity index (χ3n) is 3.57. The van der Waals surface area contributed by atoms with Crippen LogP contribution in [0.25, 0.3) is 11.4 Å². The summed E-state index contributed by atoms with van der Waals surface area (Å²) in [6, 6.07) is 7.21. The summed E-state index contributed by atoms with van der Waals surface area (Å²) >= 11 is 0. The standard InChI is InChI=1S/C15H14N2O3/c18-14-8-11(9-1-2-9)16-15(17-14)10-3-4-12-13(7-10)20-6-5-19-12/h3-4,7-9H,1-2,5-6H2,(H,16,17,18). The second kappa shape index (κ2) is 4.37. The zero-order valence-electron chi connectivity index (χ0n) is 10.9. The first-order chi connectivity index (χ1) is 9.79. The molecule has 5 heteroatoms. The molecule has 4 rings (SSSR count). The molecule has 1 aromatic heterocycles. The van der Waals surface area contributed by atoms with Crippen molar-refractivity contribution in [3.63, 3.8) is 0 Å². The Balaban J connectivity index is 1.78. The van der Waals surface area contributed by atoms with E-state index >= 15 is 0 Å². The molecule has 2 heterocycles. The number of hydrogen-bond donors (Lipinski definition) is 1. The Morgan fingerprint density at radius 3 is 2.70 bits per heavy atom. The minimum Gasteiger partial charge on any atom is -0.486 e. The summed E-state index contributed by atoms with van der Waals surface area (Å²) in [4.78, 5) is 19.1.